The van der Waals surface area contributed by atoms with Crippen LogP contribution in [0.25, 0.3) is 0 Å². The maximum absolute atomic E-state index is 12.1. The van der Waals surface area contributed by atoms with Crippen LogP contribution < -0.4 is 5.32 Å². The molecule has 2 heteroatoms. The molecule has 0 aromatic heterocycles. The molecule has 0 unspecified atom stereocenters. The molecule has 0 spiro atoms. The number of benzene rings is 1. The molecule has 1 amide bonds. The number of rotatable bonds is 5. The van der Waals surface area contributed by atoms with E-state index >= 15 is 0 Å². The predicted octanol–water partition coefficient (Wildman–Crippen LogP) is 3.80. The predicted molar refractivity (Wildman–Crippen MR) is 81.6 cm³/mol. The van der Waals surface area contributed by atoms with Gasteiger partial charge in [0.1, 0.15) is 0 Å². The van der Waals surface area contributed by atoms with Crippen molar-refractivity contribution in [2.24, 2.45) is 5.92 Å². The highest BCUT2D eigenvalue weighted by Crippen LogP contribution is 2.47. The van der Waals surface area contributed by atoms with E-state index in [9.17, 15) is 4.79 Å². The molecule has 1 aromatic rings. The lowest BCUT2D eigenvalue weighted by Gasteiger charge is -2.22. The topological polar surface area (TPSA) is 29.1 Å². The second-order valence-corrected chi connectivity index (χ2v) is 6.63. The number of carbonyl (C=O) groups is 1. The molecule has 1 N–H and O–H groups in total. The third-order valence-electron chi connectivity index (χ3n) is 5.06. The van der Waals surface area contributed by atoms with E-state index in [1.807, 2.05) is 0 Å². The van der Waals surface area contributed by atoms with Gasteiger partial charge in [-0.25, -0.2) is 0 Å². The molecule has 0 radical (unpaired) electrons. The van der Waals surface area contributed by atoms with Crippen LogP contribution in [0.5, 0.6) is 0 Å². The van der Waals surface area contributed by atoms with Crippen molar-refractivity contribution in [2.45, 2.75) is 56.8 Å². The largest absolute Gasteiger partial charge is 0.355 e. The van der Waals surface area contributed by atoms with Crippen LogP contribution in [-0.2, 0) is 10.2 Å². The smallest absolute Gasteiger partial charge is 0.220 e. The van der Waals surface area contributed by atoms with Gasteiger partial charge >= 0.3 is 0 Å². The molecule has 2 fully saturated rings. The highest BCUT2D eigenvalue weighted by molar-refractivity contribution is 5.76. The van der Waals surface area contributed by atoms with Crippen molar-refractivity contribution in [3.63, 3.8) is 0 Å². The first-order chi connectivity index (χ1) is 9.78. The molecular formula is C18H25NO. The maximum atomic E-state index is 12.1. The molecule has 2 nitrogen and oxygen atoms in total. The van der Waals surface area contributed by atoms with Gasteiger partial charge in [-0.2, -0.15) is 0 Å². The third kappa shape index (κ3) is 3.23. The fraction of sp³-hybridized carbons (Fsp3) is 0.611. The summed E-state index contributed by atoms with van der Waals surface area (Å²) < 4.78 is 0. The molecule has 0 bridgehead atoms. The van der Waals surface area contributed by atoms with Crippen LogP contribution in [0.2, 0.25) is 0 Å². The monoisotopic (exact) mass is 271 g/mol. The lowest BCUT2D eigenvalue weighted by Crippen LogP contribution is -2.33. The molecule has 2 aliphatic rings. The van der Waals surface area contributed by atoms with E-state index in [4.69, 9.17) is 0 Å². The lowest BCUT2D eigenvalue weighted by atomic mass is 9.87. The van der Waals surface area contributed by atoms with E-state index in [0.29, 0.717) is 5.92 Å². The molecule has 3 rings (SSSR count). The van der Waals surface area contributed by atoms with Crippen LogP contribution in [-0.4, -0.2) is 12.5 Å². The normalized spacial score (nSPS) is 21.4. The zero-order valence-corrected chi connectivity index (χ0v) is 12.2. The zero-order valence-electron chi connectivity index (χ0n) is 12.2. The van der Waals surface area contributed by atoms with Gasteiger partial charge in [-0.15, -0.1) is 0 Å². The van der Waals surface area contributed by atoms with E-state index < -0.39 is 0 Å². The van der Waals surface area contributed by atoms with Gasteiger partial charge in [0.25, 0.3) is 0 Å². The van der Waals surface area contributed by atoms with E-state index in [1.165, 1.54) is 50.5 Å². The fourth-order valence-electron chi connectivity index (χ4n) is 3.50. The molecule has 20 heavy (non-hydrogen) atoms. The Kier molecular flexibility index (Phi) is 4.09. The minimum absolute atomic E-state index is 0.240. The van der Waals surface area contributed by atoms with E-state index in [-0.39, 0.29) is 11.3 Å². The van der Waals surface area contributed by atoms with Gasteiger partial charge in [-0.1, -0.05) is 49.6 Å². The summed E-state index contributed by atoms with van der Waals surface area (Å²) in [5, 5.41) is 3.19. The average Bonchev–Trinajstić information content (AvgIpc) is 3.28. The Morgan fingerprint density at radius 2 is 1.80 bits per heavy atom. The summed E-state index contributed by atoms with van der Waals surface area (Å²) in [5.41, 5.74) is 1.63. The van der Waals surface area contributed by atoms with Crippen molar-refractivity contribution in [3.8, 4) is 0 Å². The Labute approximate surface area is 122 Å². The standard InChI is InChI=1S/C18H25NO/c20-17(13-15-7-3-1-4-8-15)19-14-18(11-12-18)16-9-5-2-6-10-16/h2,5-6,9-10,15H,1,3-4,7-8,11-14H2,(H,19,20). The average molecular weight is 271 g/mol. The molecule has 0 aliphatic heterocycles. The quantitative estimate of drug-likeness (QED) is 0.867. The molecule has 0 saturated heterocycles. The first-order valence-electron chi connectivity index (χ1n) is 8.11. The van der Waals surface area contributed by atoms with Crippen molar-refractivity contribution in [2.75, 3.05) is 6.54 Å². The first-order valence-corrected chi connectivity index (χ1v) is 8.11. The first kappa shape index (κ1) is 13.7. The molecule has 1 aromatic carbocycles. The highest BCUT2D eigenvalue weighted by atomic mass is 16.1. The van der Waals surface area contributed by atoms with Crippen LogP contribution >= 0.6 is 0 Å². The van der Waals surface area contributed by atoms with Crippen LogP contribution in [0.4, 0.5) is 0 Å². The SMILES string of the molecule is O=C(CC1CCCCC1)NCC1(c2ccccc2)CC1. The van der Waals surface area contributed by atoms with Crippen LogP contribution in [0.3, 0.4) is 0 Å². The Morgan fingerprint density at radius 1 is 1.10 bits per heavy atom. The number of hydrogen-bond donors (Lipinski definition) is 1. The fourth-order valence-corrected chi connectivity index (χ4v) is 3.50. The summed E-state index contributed by atoms with van der Waals surface area (Å²) in [6.45, 7) is 0.822. The molecule has 2 saturated carbocycles. The molecule has 0 atom stereocenters. The summed E-state index contributed by atoms with van der Waals surface area (Å²) >= 11 is 0. The van der Waals surface area contributed by atoms with Gasteiger partial charge < -0.3 is 5.32 Å². The van der Waals surface area contributed by atoms with Crippen molar-refractivity contribution < 1.29 is 4.79 Å². The second-order valence-electron chi connectivity index (χ2n) is 6.63. The summed E-state index contributed by atoms with van der Waals surface area (Å²) in [6.07, 6.45) is 9.63. The molecule has 0 heterocycles. The number of nitrogens with one attached hydrogen (secondary N) is 1. The van der Waals surface area contributed by atoms with Crippen molar-refractivity contribution in [1.82, 2.24) is 5.32 Å². The minimum Gasteiger partial charge on any atom is -0.355 e. The van der Waals surface area contributed by atoms with E-state index in [2.05, 4.69) is 35.6 Å². The van der Waals surface area contributed by atoms with Crippen LogP contribution in [0.1, 0.15) is 56.9 Å². The third-order valence-corrected chi connectivity index (χ3v) is 5.06. The van der Waals surface area contributed by atoms with E-state index in [0.717, 1.165) is 13.0 Å². The highest BCUT2D eigenvalue weighted by Gasteiger charge is 2.44. The summed E-state index contributed by atoms with van der Waals surface area (Å²) in [7, 11) is 0. The summed E-state index contributed by atoms with van der Waals surface area (Å²) in [6, 6.07) is 10.6. The second kappa shape index (κ2) is 5.99. The Morgan fingerprint density at radius 3 is 2.45 bits per heavy atom. The maximum Gasteiger partial charge on any atom is 0.220 e. The van der Waals surface area contributed by atoms with Gasteiger partial charge in [0.2, 0.25) is 5.91 Å². The zero-order chi connectivity index (χ0) is 13.8. The molecule has 2 aliphatic carbocycles. The minimum atomic E-state index is 0.240. The number of amides is 1. The van der Waals surface area contributed by atoms with Crippen molar-refractivity contribution in [1.29, 1.82) is 0 Å². The van der Waals surface area contributed by atoms with Gasteiger partial charge in [0.05, 0.1) is 0 Å². The number of carbonyl (C=O) groups excluding carboxylic acids is 1. The van der Waals surface area contributed by atoms with Crippen molar-refractivity contribution >= 4 is 5.91 Å². The van der Waals surface area contributed by atoms with Gasteiger partial charge in [-0.05, 0) is 37.2 Å². The summed E-state index contributed by atoms with van der Waals surface area (Å²) in [5.74, 6) is 0.898. The van der Waals surface area contributed by atoms with Crippen molar-refractivity contribution in [3.05, 3.63) is 35.9 Å². The Bertz CT molecular complexity index is 444. The van der Waals surface area contributed by atoms with Gasteiger partial charge in [-0.3, -0.25) is 4.79 Å². The van der Waals surface area contributed by atoms with Crippen LogP contribution in [0.15, 0.2) is 30.3 Å². The van der Waals surface area contributed by atoms with E-state index in [1.54, 1.807) is 0 Å². The summed E-state index contributed by atoms with van der Waals surface area (Å²) in [4.78, 5) is 12.1. The van der Waals surface area contributed by atoms with Gasteiger partial charge in [0, 0.05) is 18.4 Å². The molecular weight excluding hydrogens is 246 g/mol. The molecule has 108 valence electrons. The van der Waals surface area contributed by atoms with Crippen LogP contribution in [0, 0.1) is 5.92 Å². The Hall–Kier alpha value is -1.31. The lowest BCUT2D eigenvalue weighted by molar-refractivity contribution is -0.122. The Balaban J connectivity index is 1.48. The number of hydrogen-bond acceptors (Lipinski definition) is 1. The van der Waals surface area contributed by atoms with Gasteiger partial charge in [0.15, 0.2) is 0 Å².